The summed E-state index contributed by atoms with van der Waals surface area (Å²) in [6, 6.07) is 6.18. The van der Waals surface area contributed by atoms with Crippen molar-refractivity contribution >= 4 is 17.7 Å². The molecule has 0 saturated carbocycles. The van der Waals surface area contributed by atoms with Crippen molar-refractivity contribution in [2.45, 2.75) is 6.92 Å². The Morgan fingerprint density at radius 2 is 2.00 bits per heavy atom. The van der Waals surface area contributed by atoms with E-state index in [0.717, 1.165) is 5.69 Å². The number of carbonyl (C=O) groups is 2. The molecule has 0 spiro atoms. The molecule has 19 heavy (non-hydrogen) atoms. The molecule has 6 heteroatoms. The number of aromatic carboxylic acids is 1. The molecule has 2 rings (SSSR count). The third-order valence-corrected chi connectivity index (χ3v) is 2.44. The Balaban J connectivity index is 2.24. The van der Waals surface area contributed by atoms with E-state index in [9.17, 15) is 9.59 Å². The van der Waals surface area contributed by atoms with Gasteiger partial charge in [0.2, 0.25) is 0 Å². The van der Waals surface area contributed by atoms with E-state index >= 15 is 0 Å². The van der Waals surface area contributed by atoms with Gasteiger partial charge in [0.25, 0.3) is 5.91 Å². The van der Waals surface area contributed by atoms with Gasteiger partial charge >= 0.3 is 5.97 Å². The number of nitrogens with zero attached hydrogens (tertiary/aromatic N) is 2. The number of pyridine rings is 2. The summed E-state index contributed by atoms with van der Waals surface area (Å²) in [7, 11) is 0. The number of aromatic nitrogens is 2. The standard InChI is InChI=1S/C13H11N3O3/c1-8-4-5-9(7-15-8)12(17)16-11-10(13(18)19)3-2-6-14-11/h2-7H,1H3,(H,18,19)(H,14,16,17). The van der Waals surface area contributed by atoms with Crippen LogP contribution in [0.25, 0.3) is 0 Å². The maximum atomic E-state index is 11.9. The van der Waals surface area contributed by atoms with Crippen molar-refractivity contribution in [1.82, 2.24) is 9.97 Å². The van der Waals surface area contributed by atoms with Crippen molar-refractivity contribution in [3.63, 3.8) is 0 Å². The second-order valence-electron chi connectivity index (χ2n) is 3.85. The van der Waals surface area contributed by atoms with Crippen molar-refractivity contribution in [2.24, 2.45) is 0 Å². The van der Waals surface area contributed by atoms with Crippen LogP contribution < -0.4 is 5.32 Å². The molecule has 0 saturated heterocycles. The number of aryl methyl sites for hydroxylation is 1. The van der Waals surface area contributed by atoms with Gasteiger partial charge < -0.3 is 10.4 Å². The van der Waals surface area contributed by atoms with E-state index in [-0.39, 0.29) is 11.4 Å². The van der Waals surface area contributed by atoms with Gasteiger partial charge in [0.1, 0.15) is 11.4 Å². The molecule has 0 aromatic carbocycles. The van der Waals surface area contributed by atoms with E-state index in [1.807, 2.05) is 6.92 Å². The van der Waals surface area contributed by atoms with Gasteiger partial charge in [0, 0.05) is 18.1 Å². The molecule has 0 atom stereocenters. The fourth-order valence-corrected chi connectivity index (χ4v) is 1.46. The van der Waals surface area contributed by atoms with Gasteiger partial charge in [-0.2, -0.15) is 0 Å². The third kappa shape index (κ3) is 2.92. The van der Waals surface area contributed by atoms with Crippen molar-refractivity contribution in [2.75, 3.05) is 5.32 Å². The topological polar surface area (TPSA) is 92.2 Å². The normalized spacial score (nSPS) is 9.95. The summed E-state index contributed by atoms with van der Waals surface area (Å²) in [6.45, 7) is 1.81. The van der Waals surface area contributed by atoms with Gasteiger partial charge in [0.05, 0.1) is 5.56 Å². The van der Waals surface area contributed by atoms with Crippen LogP contribution in [0.2, 0.25) is 0 Å². The smallest absolute Gasteiger partial charge is 0.339 e. The van der Waals surface area contributed by atoms with Crippen LogP contribution >= 0.6 is 0 Å². The minimum atomic E-state index is -1.15. The fraction of sp³-hybridized carbons (Fsp3) is 0.0769. The molecule has 0 radical (unpaired) electrons. The zero-order valence-electron chi connectivity index (χ0n) is 10.1. The van der Waals surface area contributed by atoms with E-state index < -0.39 is 11.9 Å². The zero-order chi connectivity index (χ0) is 13.8. The Bertz CT molecular complexity index is 623. The van der Waals surface area contributed by atoms with Crippen LogP contribution in [0.3, 0.4) is 0 Å². The van der Waals surface area contributed by atoms with Gasteiger partial charge in [-0.3, -0.25) is 9.78 Å². The van der Waals surface area contributed by atoms with Crippen LogP contribution in [0.15, 0.2) is 36.7 Å². The van der Waals surface area contributed by atoms with Crippen LogP contribution in [-0.2, 0) is 0 Å². The molecule has 0 bridgehead atoms. The summed E-state index contributed by atoms with van der Waals surface area (Å²) in [5.41, 5.74) is 1.07. The lowest BCUT2D eigenvalue weighted by Gasteiger charge is -2.06. The van der Waals surface area contributed by atoms with Crippen LogP contribution in [0.4, 0.5) is 5.82 Å². The SMILES string of the molecule is Cc1ccc(C(=O)Nc2ncccc2C(=O)O)cn1. The molecule has 6 nitrogen and oxygen atoms in total. The molecule has 2 aromatic rings. The summed E-state index contributed by atoms with van der Waals surface area (Å²) >= 11 is 0. The maximum Gasteiger partial charge on any atom is 0.339 e. The third-order valence-electron chi connectivity index (χ3n) is 2.44. The van der Waals surface area contributed by atoms with Crippen LogP contribution in [0.1, 0.15) is 26.4 Å². The number of hydrogen-bond acceptors (Lipinski definition) is 4. The second kappa shape index (κ2) is 5.26. The Kier molecular flexibility index (Phi) is 3.51. The Morgan fingerprint density at radius 1 is 1.21 bits per heavy atom. The van der Waals surface area contributed by atoms with E-state index in [2.05, 4.69) is 15.3 Å². The molecule has 0 aliphatic heterocycles. The first-order chi connectivity index (χ1) is 9.08. The van der Waals surface area contributed by atoms with Crippen LogP contribution in [0, 0.1) is 6.92 Å². The quantitative estimate of drug-likeness (QED) is 0.873. The first-order valence-corrected chi connectivity index (χ1v) is 5.50. The first kappa shape index (κ1) is 12.7. The predicted octanol–water partition coefficient (Wildman–Crippen LogP) is 1.74. The molecular formula is C13H11N3O3. The summed E-state index contributed by atoms with van der Waals surface area (Å²) in [6.07, 6.45) is 2.84. The Morgan fingerprint density at radius 3 is 2.63 bits per heavy atom. The number of hydrogen-bond donors (Lipinski definition) is 2. The molecule has 2 heterocycles. The zero-order valence-corrected chi connectivity index (χ0v) is 10.1. The number of carboxylic acid groups (broad SMARTS) is 1. The van der Waals surface area contributed by atoms with Gasteiger partial charge in [-0.1, -0.05) is 0 Å². The lowest BCUT2D eigenvalue weighted by atomic mass is 10.2. The highest BCUT2D eigenvalue weighted by Gasteiger charge is 2.14. The average molecular weight is 257 g/mol. The monoisotopic (exact) mass is 257 g/mol. The van der Waals surface area contributed by atoms with Crippen molar-refractivity contribution in [3.8, 4) is 0 Å². The van der Waals surface area contributed by atoms with Gasteiger partial charge in [0.15, 0.2) is 0 Å². The summed E-state index contributed by atoms with van der Waals surface area (Å²) in [5.74, 6) is -1.58. The van der Waals surface area contributed by atoms with Crippen molar-refractivity contribution < 1.29 is 14.7 Å². The molecule has 0 unspecified atom stereocenters. The minimum absolute atomic E-state index is 0.0144. The minimum Gasteiger partial charge on any atom is -0.478 e. The number of anilines is 1. The molecule has 2 aromatic heterocycles. The Labute approximate surface area is 109 Å². The highest BCUT2D eigenvalue weighted by Crippen LogP contribution is 2.12. The molecular weight excluding hydrogens is 246 g/mol. The van der Waals surface area contributed by atoms with Crippen molar-refractivity contribution in [3.05, 3.63) is 53.5 Å². The van der Waals surface area contributed by atoms with E-state index in [1.54, 1.807) is 12.1 Å². The number of carbonyl (C=O) groups excluding carboxylic acids is 1. The summed E-state index contributed by atoms with van der Waals surface area (Å²) in [5, 5.41) is 11.4. The van der Waals surface area contributed by atoms with E-state index in [0.29, 0.717) is 5.56 Å². The maximum absolute atomic E-state index is 11.9. The lowest BCUT2D eigenvalue weighted by Crippen LogP contribution is -2.16. The highest BCUT2D eigenvalue weighted by molar-refractivity contribution is 6.06. The highest BCUT2D eigenvalue weighted by atomic mass is 16.4. The molecule has 0 aliphatic rings. The average Bonchev–Trinajstić information content (AvgIpc) is 2.39. The molecule has 2 N–H and O–H groups in total. The largest absolute Gasteiger partial charge is 0.478 e. The summed E-state index contributed by atoms with van der Waals surface area (Å²) in [4.78, 5) is 30.7. The van der Waals surface area contributed by atoms with E-state index in [4.69, 9.17) is 5.11 Å². The number of amides is 1. The molecule has 0 aliphatic carbocycles. The number of carboxylic acids is 1. The fourth-order valence-electron chi connectivity index (χ4n) is 1.46. The van der Waals surface area contributed by atoms with Crippen LogP contribution in [0.5, 0.6) is 0 Å². The van der Waals surface area contributed by atoms with Gasteiger partial charge in [-0.05, 0) is 31.2 Å². The lowest BCUT2D eigenvalue weighted by molar-refractivity contribution is 0.0697. The van der Waals surface area contributed by atoms with Crippen LogP contribution in [-0.4, -0.2) is 27.0 Å². The number of rotatable bonds is 3. The van der Waals surface area contributed by atoms with Gasteiger partial charge in [-0.25, -0.2) is 9.78 Å². The molecule has 96 valence electrons. The molecule has 1 amide bonds. The van der Waals surface area contributed by atoms with Crippen molar-refractivity contribution in [1.29, 1.82) is 0 Å². The van der Waals surface area contributed by atoms with E-state index in [1.165, 1.54) is 24.5 Å². The first-order valence-electron chi connectivity index (χ1n) is 5.50. The summed E-state index contributed by atoms with van der Waals surface area (Å²) < 4.78 is 0. The number of nitrogens with one attached hydrogen (secondary N) is 1. The van der Waals surface area contributed by atoms with Gasteiger partial charge in [-0.15, -0.1) is 0 Å². The Hall–Kier alpha value is -2.76. The second-order valence-corrected chi connectivity index (χ2v) is 3.85. The molecule has 0 fully saturated rings. The predicted molar refractivity (Wildman–Crippen MR) is 68.1 cm³/mol.